The molecule has 0 N–H and O–H groups in total. The van der Waals surface area contributed by atoms with Crippen LogP contribution in [0.1, 0.15) is 25.7 Å². The van der Waals surface area contributed by atoms with Crippen molar-refractivity contribution in [2.45, 2.75) is 31.7 Å². The van der Waals surface area contributed by atoms with Gasteiger partial charge >= 0.3 is 0 Å². The lowest BCUT2D eigenvalue weighted by atomic mass is 10.0. The summed E-state index contributed by atoms with van der Waals surface area (Å²) in [5.74, 6) is 0.609. The first-order valence-electron chi connectivity index (χ1n) is 8.21. The van der Waals surface area contributed by atoms with E-state index in [-0.39, 0.29) is 5.82 Å². The van der Waals surface area contributed by atoms with Gasteiger partial charge in [0.05, 0.1) is 0 Å². The van der Waals surface area contributed by atoms with Crippen molar-refractivity contribution in [3.63, 3.8) is 0 Å². The fourth-order valence-electron chi connectivity index (χ4n) is 3.84. The molecule has 1 aromatic carbocycles. The summed E-state index contributed by atoms with van der Waals surface area (Å²) in [4.78, 5) is 13.4. The second-order valence-corrected chi connectivity index (χ2v) is 6.29. The minimum absolute atomic E-state index is 0.270. The van der Waals surface area contributed by atoms with Crippen molar-refractivity contribution in [2.24, 2.45) is 0 Å². The molecule has 4 rings (SSSR count). The molecule has 2 saturated heterocycles. The highest BCUT2D eigenvalue weighted by atomic mass is 19.1. The number of benzene rings is 1. The predicted octanol–water partition coefficient (Wildman–Crippen LogP) is 2.83. The molecule has 2 fully saturated rings. The summed E-state index contributed by atoms with van der Waals surface area (Å²) >= 11 is 0. The number of rotatable bonds is 2. The van der Waals surface area contributed by atoms with Crippen molar-refractivity contribution in [1.82, 2.24) is 14.9 Å². The Morgan fingerprint density at radius 2 is 1.77 bits per heavy atom. The zero-order valence-electron chi connectivity index (χ0n) is 12.7. The van der Waals surface area contributed by atoms with Crippen LogP contribution in [0, 0.1) is 5.82 Å². The van der Waals surface area contributed by atoms with Gasteiger partial charge in [-0.3, -0.25) is 0 Å². The van der Waals surface area contributed by atoms with Crippen molar-refractivity contribution in [3.05, 3.63) is 30.3 Å². The van der Waals surface area contributed by atoms with Gasteiger partial charge in [-0.1, -0.05) is 6.07 Å². The zero-order chi connectivity index (χ0) is 14.9. The molecular formula is C17H21FN4. The molecule has 3 heterocycles. The van der Waals surface area contributed by atoms with Crippen molar-refractivity contribution in [3.8, 4) is 0 Å². The van der Waals surface area contributed by atoms with Gasteiger partial charge in [0, 0.05) is 24.5 Å². The van der Waals surface area contributed by atoms with Crippen LogP contribution in [0.2, 0.25) is 0 Å². The van der Waals surface area contributed by atoms with Crippen molar-refractivity contribution >= 4 is 16.7 Å². The molecule has 2 aliphatic heterocycles. The molecule has 0 spiro atoms. The molecule has 0 saturated carbocycles. The summed E-state index contributed by atoms with van der Waals surface area (Å²) < 4.78 is 13.9. The highest BCUT2D eigenvalue weighted by molar-refractivity contribution is 5.89. The summed E-state index contributed by atoms with van der Waals surface area (Å²) in [5.41, 5.74) is 0.425. The Balaban J connectivity index is 1.55. The first-order chi connectivity index (χ1) is 10.8. The number of aromatic nitrogens is 2. The average Bonchev–Trinajstić information content (AvgIpc) is 3.10. The maximum atomic E-state index is 13.9. The third-order valence-electron chi connectivity index (χ3n) is 5.02. The van der Waals surface area contributed by atoms with Crippen LogP contribution in [0.4, 0.5) is 10.2 Å². The Kier molecular flexibility index (Phi) is 3.66. The molecule has 0 unspecified atom stereocenters. The monoisotopic (exact) mass is 300 g/mol. The van der Waals surface area contributed by atoms with Crippen LogP contribution in [0.25, 0.3) is 10.9 Å². The van der Waals surface area contributed by atoms with E-state index in [4.69, 9.17) is 0 Å². The van der Waals surface area contributed by atoms with Gasteiger partial charge in [-0.15, -0.1) is 0 Å². The van der Waals surface area contributed by atoms with Crippen molar-refractivity contribution < 1.29 is 4.39 Å². The van der Waals surface area contributed by atoms with Crippen LogP contribution in [0.3, 0.4) is 0 Å². The van der Waals surface area contributed by atoms with Gasteiger partial charge < -0.3 is 9.80 Å². The van der Waals surface area contributed by atoms with Gasteiger partial charge in [0.1, 0.15) is 23.5 Å². The topological polar surface area (TPSA) is 32.3 Å². The maximum Gasteiger partial charge on any atom is 0.149 e. The first-order valence-corrected chi connectivity index (χ1v) is 8.21. The van der Waals surface area contributed by atoms with E-state index in [1.165, 1.54) is 51.2 Å². The number of hydrogen-bond donors (Lipinski definition) is 0. The van der Waals surface area contributed by atoms with E-state index >= 15 is 0 Å². The zero-order valence-corrected chi connectivity index (χ0v) is 12.7. The maximum absolute atomic E-state index is 13.9. The van der Waals surface area contributed by atoms with E-state index in [9.17, 15) is 4.39 Å². The molecule has 2 aliphatic rings. The van der Waals surface area contributed by atoms with E-state index in [1.807, 2.05) is 6.07 Å². The summed E-state index contributed by atoms with van der Waals surface area (Å²) in [6, 6.07) is 5.82. The number of piperidine rings is 1. The Labute approximate surface area is 130 Å². The van der Waals surface area contributed by atoms with Crippen LogP contribution in [0.5, 0.6) is 0 Å². The highest BCUT2D eigenvalue weighted by Crippen LogP contribution is 2.28. The van der Waals surface area contributed by atoms with Crippen LogP contribution in [0.15, 0.2) is 24.5 Å². The molecule has 5 heteroatoms. The summed E-state index contributed by atoms with van der Waals surface area (Å²) in [5, 5.41) is 0.821. The number of nitrogens with zero attached hydrogens (tertiary/aromatic N) is 4. The molecular weight excluding hydrogens is 279 g/mol. The van der Waals surface area contributed by atoms with Gasteiger partial charge in [-0.2, -0.15) is 0 Å². The molecule has 22 heavy (non-hydrogen) atoms. The summed E-state index contributed by atoms with van der Waals surface area (Å²) in [6.07, 6.45) is 6.50. The van der Waals surface area contributed by atoms with E-state index in [0.717, 1.165) is 24.3 Å². The molecule has 0 bridgehead atoms. The van der Waals surface area contributed by atoms with Gasteiger partial charge in [0.15, 0.2) is 0 Å². The number of fused-ring (bicyclic) bond motifs is 1. The average molecular weight is 300 g/mol. The normalized spacial score (nSPS) is 20.9. The van der Waals surface area contributed by atoms with Crippen molar-refractivity contribution in [1.29, 1.82) is 0 Å². The predicted molar refractivity (Wildman–Crippen MR) is 85.5 cm³/mol. The number of para-hydroxylation sites is 1. The van der Waals surface area contributed by atoms with Crippen molar-refractivity contribution in [2.75, 3.05) is 31.1 Å². The van der Waals surface area contributed by atoms with Crippen LogP contribution >= 0.6 is 0 Å². The minimum atomic E-state index is -0.270. The third kappa shape index (κ3) is 2.43. The lowest BCUT2D eigenvalue weighted by Gasteiger charge is -2.37. The number of likely N-dealkylation sites (tertiary alicyclic amines) is 1. The van der Waals surface area contributed by atoms with Gasteiger partial charge in [0.25, 0.3) is 0 Å². The summed E-state index contributed by atoms with van der Waals surface area (Å²) in [7, 11) is 0. The van der Waals surface area contributed by atoms with Gasteiger partial charge in [-0.25, -0.2) is 14.4 Å². The molecule has 0 aliphatic carbocycles. The number of halogens is 1. The van der Waals surface area contributed by atoms with Crippen LogP contribution < -0.4 is 4.90 Å². The second kappa shape index (κ2) is 5.80. The SMILES string of the molecule is Fc1cccc2c(N3CCC(N4CCCC4)CC3)ncnc12. The quantitative estimate of drug-likeness (QED) is 0.854. The van der Waals surface area contributed by atoms with E-state index in [0.29, 0.717) is 11.6 Å². The van der Waals surface area contributed by atoms with Gasteiger partial charge in [-0.05, 0) is 50.9 Å². The molecule has 0 amide bonds. The fraction of sp³-hybridized carbons (Fsp3) is 0.529. The lowest BCUT2D eigenvalue weighted by Crippen LogP contribution is -2.44. The largest absolute Gasteiger partial charge is 0.356 e. The standard InChI is InChI=1S/C17H21FN4/c18-15-5-3-4-14-16(15)19-12-20-17(14)22-10-6-13(7-11-22)21-8-1-2-9-21/h3-5,12-13H,1-2,6-11H2. The Morgan fingerprint density at radius 3 is 2.55 bits per heavy atom. The molecule has 0 atom stereocenters. The second-order valence-electron chi connectivity index (χ2n) is 6.29. The number of hydrogen-bond acceptors (Lipinski definition) is 4. The third-order valence-corrected chi connectivity index (χ3v) is 5.02. The Morgan fingerprint density at radius 1 is 1.00 bits per heavy atom. The molecule has 0 radical (unpaired) electrons. The lowest BCUT2D eigenvalue weighted by molar-refractivity contribution is 0.208. The van der Waals surface area contributed by atoms with Gasteiger partial charge in [0.2, 0.25) is 0 Å². The highest BCUT2D eigenvalue weighted by Gasteiger charge is 2.27. The molecule has 116 valence electrons. The van der Waals surface area contributed by atoms with Crippen LogP contribution in [-0.4, -0.2) is 47.1 Å². The molecule has 1 aromatic heterocycles. The number of anilines is 1. The molecule has 4 nitrogen and oxygen atoms in total. The van der Waals surface area contributed by atoms with E-state index in [1.54, 1.807) is 6.07 Å². The minimum Gasteiger partial charge on any atom is -0.356 e. The summed E-state index contributed by atoms with van der Waals surface area (Å²) in [6.45, 7) is 4.49. The molecule has 2 aromatic rings. The Bertz CT molecular complexity index is 661. The van der Waals surface area contributed by atoms with E-state index < -0.39 is 0 Å². The Hall–Kier alpha value is -1.75. The smallest absolute Gasteiger partial charge is 0.149 e. The van der Waals surface area contributed by atoms with Crippen LogP contribution in [-0.2, 0) is 0 Å². The fourth-order valence-corrected chi connectivity index (χ4v) is 3.84. The van der Waals surface area contributed by atoms with E-state index in [2.05, 4.69) is 19.8 Å². The first kappa shape index (κ1) is 13.9.